The Hall–Kier alpha value is -1.79. The van der Waals surface area contributed by atoms with E-state index in [2.05, 4.69) is 20.0 Å². The molecule has 0 N–H and O–H groups in total. The molecule has 0 saturated carbocycles. The van der Waals surface area contributed by atoms with Gasteiger partial charge in [0.15, 0.2) is 0 Å². The van der Waals surface area contributed by atoms with Crippen molar-refractivity contribution in [1.82, 2.24) is 24.3 Å². The van der Waals surface area contributed by atoms with E-state index in [1.165, 1.54) is 10.5 Å². The fourth-order valence-electron chi connectivity index (χ4n) is 3.04. The number of sulfonamides is 1. The quantitative estimate of drug-likeness (QED) is 0.370. The summed E-state index contributed by atoms with van der Waals surface area (Å²) >= 11 is 3.17. The van der Waals surface area contributed by atoms with Crippen molar-refractivity contribution in [3.05, 3.63) is 41.7 Å². The molecule has 11 heteroatoms. The number of likely N-dealkylation sites (N-methyl/N-ethyl adjacent to an activating group) is 1. The van der Waals surface area contributed by atoms with Crippen LogP contribution in [0.15, 0.2) is 50.3 Å². The van der Waals surface area contributed by atoms with Gasteiger partial charge >= 0.3 is 0 Å². The first-order valence-corrected chi connectivity index (χ1v) is 13.0. The molecule has 1 fully saturated rings. The van der Waals surface area contributed by atoms with E-state index in [4.69, 9.17) is 4.52 Å². The Kier molecular flexibility index (Phi) is 6.84. The molecule has 0 aromatic carbocycles. The van der Waals surface area contributed by atoms with E-state index in [9.17, 15) is 8.42 Å². The van der Waals surface area contributed by atoms with Crippen molar-refractivity contribution in [3.63, 3.8) is 0 Å². The van der Waals surface area contributed by atoms with Gasteiger partial charge in [-0.2, -0.15) is 9.29 Å². The highest BCUT2D eigenvalue weighted by Gasteiger charge is 2.27. The lowest BCUT2D eigenvalue weighted by Gasteiger charge is -2.31. The van der Waals surface area contributed by atoms with Crippen LogP contribution in [0.4, 0.5) is 0 Å². The van der Waals surface area contributed by atoms with E-state index < -0.39 is 10.0 Å². The molecule has 160 valence electrons. The molecule has 1 aliphatic rings. The van der Waals surface area contributed by atoms with Crippen LogP contribution in [0.3, 0.4) is 0 Å². The third-order valence-corrected chi connectivity index (χ3v) is 8.58. The zero-order chi connectivity index (χ0) is 21.0. The first-order valence-electron chi connectivity index (χ1n) is 9.66. The number of thiophene rings is 1. The maximum absolute atomic E-state index is 12.7. The van der Waals surface area contributed by atoms with Gasteiger partial charge in [-0.1, -0.05) is 11.2 Å². The number of pyridine rings is 1. The maximum Gasteiger partial charge on any atom is 0.244 e. The Labute approximate surface area is 184 Å². The standard InChI is InChI=1S/C19H23N5O3S3/c1-23-8-10-24(11-9-23)30(25,26)15-6-7-18(20-14-15)29-13-3-5-17-21-19(22-27-17)16-4-2-12-28-16/h2,4,6-7,12,14H,3,5,8-11,13H2,1H3. The van der Waals surface area contributed by atoms with Crippen LogP contribution < -0.4 is 0 Å². The Bertz CT molecular complexity index is 1040. The van der Waals surface area contributed by atoms with Gasteiger partial charge in [0.2, 0.25) is 21.7 Å². The minimum Gasteiger partial charge on any atom is -0.339 e. The summed E-state index contributed by atoms with van der Waals surface area (Å²) in [6.07, 6.45) is 3.02. The lowest BCUT2D eigenvalue weighted by molar-refractivity contribution is 0.222. The SMILES string of the molecule is CN1CCN(S(=O)(=O)c2ccc(SCCCc3nc(-c4cccs4)no3)nc2)CC1. The van der Waals surface area contributed by atoms with E-state index in [1.807, 2.05) is 24.6 Å². The minimum absolute atomic E-state index is 0.253. The summed E-state index contributed by atoms with van der Waals surface area (Å²) in [5.41, 5.74) is 0. The van der Waals surface area contributed by atoms with Gasteiger partial charge in [-0.05, 0) is 42.8 Å². The molecule has 0 amide bonds. The summed E-state index contributed by atoms with van der Waals surface area (Å²) in [6.45, 7) is 2.52. The van der Waals surface area contributed by atoms with Gasteiger partial charge in [-0.15, -0.1) is 23.1 Å². The van der Waals surface area contributed by atoms with Crippen LogP contribution >= 0.6 is 23.1 Å². The molecule has 8 nitrogen and oxygen atoms in total. The molecule has 0 aliphatic carbocycles. The van der Waals surface area contributed by atoms with Gasteiger partial charge in [-0.25, -0.2) is 13.4 Å². The van der Waals surface area contributed by atoms with Gasteiger partial charge in [0.1, 0.15) is 4.90 Å². The third kappa shape index (κ3) is 5.09. The van der Waals surface area contributed by atoms with Crippen molar-refractivity contribution >= 4 is 33.1 Å². The normalized spacial score (nSPS) is 16.2. The maximum atomic E-state index is 12.7. The molecule has 4 rings (SSSR count). The number of rotatable bonds is 8. The second-order valence-electron chi connectivity index (χ2n) is 6.98. The number of hydrogen-bond donors (Lipinski definition) is 0. The molecule has 3 aromatic heterocycles. The van der Waals surface area contributed by atoms with Crippen LogP contribution in [-0.4, -0.2) is 71.7 Å². The predicted octanol–water partition coefficient (Wildman–Crippen LogP) is 2.85. The van der Waals surface area contributed by atoms with E-state index >= 15 is 0 Å². The van der Waals surface area contributed by atoms with E-state index in [1.54, 1.807) is 35.2 Å². The zero-order valence-corrected chi connectivity index (χ0v) is 19.0. The number of aryl methyl sites for hydroxylation is 1. The summed E-state index contributed by atoms with van der Waals surface area (Å²) in [5, 5.41) is 6.80. The van der Waals surface area contributed by atoms with Crippen LogP contribution in [0.5, 0.6) is 0 Å². The average molecular weight is 466 g/mol. The van der Waals surface area contributed by atoms with E-state index in [0.717, 1.165) is 35.2 Å². The van der Waals surface area contributed by atoms with Crippen LogP contribution in [0.25, 0.3) is 10.7 Å². The molecule has 3 aromatic rings. The smallest absolute Gasteiger partial charge is 0.244 e. The molecule has 1 aliphatic heterocycles. The molecule has 0 unspecified atom stereocenters. The van der Waals surface area contributed by atoms with Crippen molar-refractivity contribution in [2.75, 3.05) is 39.0 Å². The molecule has 1 saturated heterocycles. The van der Waals surface area contributed by atoms with Crippen LogP contribution in [0, 0.1) is 0 Å². The summed E-state index contributed by atoms with van der Waals surface area (Å²) < 4.78 is 32.3. The average Bonchev–Trinajstić information content (AvgIpc) is 3.44. The molecule has 30 heavy (non-hydrogen) atoms. The van der Waals surface area contributed by atoms with Gasteiger partial charge in [0, 0.05) is 38.8 Å². The number of hydrogen-bond acceptors (Lipinski definition) is 9. The molecular weight excluding hydrogens is 442 g/mol. The number of piperazine rings is 1. The first kappa shape index (κ1) is 21.4. The van der Waals surface area contributed by atoms with Gasteiger partial charge in [0.25, 0.3) is 0 Å². The van der Waals surface area contributed by atoms with Crippen LogP contribution in [0.1, 0.15) is 12.3 Å². The number of aromatic nitrogens is 3. The van der Waals surface area contributed by atoms with Crippen molar-refractivity contribution in [1.29, 1.82) is 0 Å². The molecule has 0 bridgehead atoms. The number of nitrogens with zero attached hydrogens (tertiary/aromatic N) is 5. The first-order chi connectivity index (χ1) is 14.5. The van der Waals surface area contributed by atoms with Crippen molar-refractivity contribution in [2.45, 2.75) is 22.8 Å². The molecule has 0 spiro atoms. The fourth-order valence-corrected chi connectivity index (χ4v) is 5.85. The Balaban J connectivity index is 1.26. The highest BCUT2D eigenvalue weighted by molar-refractivity contribution is 7.99. The van der Waals surface area contributed by atoms with Gasteiger partial charge in [-0.3, -0.25) is 0 Å². The molecule has 0 radical (unpaired) electrons. The van der Waals surface area contributed by atoms with Gasteiger partial charge in [0.05, 0.1) is 9.90 Å². The molecular formula is C19H23N5O3S3. The molecule has 4 heterocycles. The Morgan fingerprint density at radius 3 is 2.73 bits per heavy atom. The van der Waals surface area contributed by atoms with Gasteiger partial charge < -0.3 is 9.42 Å². The Morgan fingerprint density at radius 2 is 2.03 bits per heavy atom. The summed E-state index contributed by atoms with van der Waals surface area (Å²) in [4.78, 5) is 12.1. The van der Waals surface area contributed by atoms with Crippen LogP contribution in [0.2, 0.25) is 0 Å². The third-order valence-electron chi connectivity index (χ3n) is 4.80. The summed E-state index contributed by atoms with van der Waals surface area (Å²) in [7, 11) is -1.47. The highest BCUT2D eigenvalue weighted by atomic mass is 32.2. The fraction of sp³-hybridized carbons (Fsp3) is 0.421. The monoisotopic (exact) mass is 465 g/mol. The summed E-state index contributed by atoms with van der Waals surface area (Å²) in [6, 6.07) is 7.35. The highest BCUT2D eigenvalue weighted by Crippen LogP contribution is 2.23. The Morgan fingerprint density at radius 1 is 1.20 bits per heavy atom. The van der Waals surface area contributed by atoms with Crippen molar-refractivity contribution < 1.29 is 12.9 Å². The summed E-state index contributed by atoms with van der Waals surface area (Å²) in [5.74, 6) is 2.08. The lowest BCUT2D eigenvalue weighted by Crippen LogP contribution is -2.47. The number of thioether (sulfide) groups is 1. The van der Waals surface area contributed by atoms with E-state index in [0.29, 0.717) is 31.2 Å². The van der Waals surface area contributed by atoms with Crippen LogP contribution in [-0.2, 0) is 16.4 Å². The predicted molar refractivity (Wildman–Crippen MR) is 117 cm³/mol. The second-order valence-corrected chi connectivity index (χ2v) is 11.0. The zero-order valence-electron chi connectivity index (χ0n) is 16.6. The van der Waals surface area contributed by atoms with Crippen molar-refractivity contribution in [3.8, 4) is 10.7 Å². The molecule has 0 atom stereocenters. The second kappa shape index (κ2) is 9.56. The van der Waals surface area contributed by atoms with Crippen molar-refractivity contribution in [2.24, 2.45) is 0 Å². The largest absolute Gasteiger partial charge is 0.339 e. The topological polar surface area (TPSA) is 92.4 Å². The minimum atomic E-state index is -3.47. The van der Waals surface area contributed by atoms with E-state index in [-0.39, 0.29) is 4.90 Å². The lowest BCUT2D eigenvalue weighted by atomic mass is 10.3.